The van der Waals surface area contributed by atoms with Crippen LogP contribution in [0.1, 0.15) is 31.2 Å². The van der Waals surface area contributed by atoms with Gasteiger partial charge in [0.2, 0.25) is 17.7 Å². The summed E-state index contributed by atoms with van der Waals surface area (Å²) >= 11 is 6.05. The van der Waals surface area contributed by atoms with E-state index in [1.165, 1.54) is 11.0 Å². The second-order valence-electron chi connectivity index (χ2n) is 10.1. The van der Waals surface area contributed by atoms with Crippen LogP contribution in [0.3, 0.4) is 0 Å². The molecule has 12 heteroatoms. The highest BCUT2D eigenvalue weighted by Crippen LogP contribution is 2.23. The molecule has 10 nitrogen and oxygen atoms in total. The van der Waals surface area contributed by atoms with Crippen molar-refractivity contribution in [3.8, 4) is 11.3 Å². The summed E-state index contributed by atoms with van der Waals surface area (Å²) in [7, 11) is 1.60. The summed E-state index contributed by atoms with van der Waals surface area (Å²) in [6, 6.07) is 14.8. The van der Waals surface area contributed by atoms with Crippen molar-refractivity contribution < 1.29 is 28.0 Å². The molecule has 1 saturated heterocycles. The van der Waals surface area contributed by atoms with E-state index in [0.717, 1.165) is 25.1 Å². The second-order valence-corrected chi connectivity index (χ2v) is 10.4. The first-order valence-electron chi connectivity index (χ1n) is 13.9. The van der Waals surface area contributed by atoms with Crippen LogP contribution in [0.15, 0.2) is 59.1 Å². The average molecular weight is 600 g/mol. The van der Waals surface area contributed by atoms with E-state index in [9.17, 15) is 18.8 Å². The van der Waals surface area contributed by atoms with E-state index in [4.69, 9.17) is 20.9 Å². The van der Waals surface area contributed by atoms with Gasteiger partial charge in [-0.3, -0.25) is 14.9 Å². The third-order valence-corrected chi connectivity index (χ3v) is 7.60. The lowest BCUT2D eigenvalue weighted by Gasteiger charge is -2.29. The van der Waals surface area contributed by atoms with Gasteiger partial charge in [0.1, 0.15) is 18.1 Å². The van der Waals surface area contributed by atoms with Gasteiger partial charge in [-0.2, -0.15) is 0 Å². The Bertz CT molecular complexity index is 1350. The van der Waals surface area contributed by atoms with E-state index >= 15 is 0 Å². The van der Waals surface area contributed by atoms with Crippen molar-refractivity contribution in [3.05, 3.63) is 71.0 Å². The summed E-state index contributed by atoms with van der Waals surface area (Å²) in [6.45, 7) is 2.73. The first kappa shape index (κ1) is 31.0. The Kier molecular flexibility index (Phi) is 11.3. The van der Waals surface area contributed by atoms with Gasteiger partial charge in [-0.25, -0.2) is 9.18 Å². The zero-order valence-corrected chi connectivity index (χ0v) is 24.2. The molecule has 2 heterocycles. The SMILES string of the molecule is CN(C(=O)CCc1cccc(F)c1Cl)[C@@H](CCC(=O)N1CCCNCC1)COC(=O)Nc1cc(-c2ccccc2)no1. The Hall–Kier alpha value is -3.96. The van der Waals surface area contributed by atoms with E-state index in [-0.39, 0.29) is 48.6 Å². The van der Waals surface area contributed by atoms with E-state index in [1.54, 1.807) is 25.2 Å². The maximum atomic E-state index is 13.8. The fourth-order valence-corrected chi connectivity index (χ4v) is 4.90. The van der Waals surface area contributed by atoms with Crippen molar-refractivity contribution >= 4 is 35.4 Å². The summed E-state index contributed by atoms with van der Waals surface area (Å²) in [4.78, 5) is 41.9. The Morgan fingerprint density at radius 2 is 1.95 bits per heavy atom. The van der Waals surface area contributed by atoms with Crippen LogP contribution >= 0.6 is 11.6 Å². The van der Waals surface area contributed by atoms with Gasteiger partial charge in [0.05, 0.1) is 11.1 Å². The monoisotopic (exact) mass is 599 g/mol. The van der Waals surface area contributed by atoms with Gasteiger partial charge in [0.25, 0.3) is 0 Å². The van der Waals surface area contributed by atoms with Crippen LogP contribution in [0.5, 0.6) is 0 Å². The van der Waals surface area contributed by atoms with Crippen molar-refractivity contribution in [3.63, 3.8) is 0 Å². The van der Waals surface area contributed by atoms with Gasteiger partial charge >= 0.3 is 6.09 Å². The van der Waals surface area contributed by atoms with Crippen LogP contribution in [0.4, 0.5) is 15.1 Å². The van der Waals surface area contributed by atoms with Crippen molar-refractivity contribution in [2.75, 3.05) is 45.2 Å². The number of halogens is 2. The molecule has 1 aliphatic rings. The summed E-state index contributed by atoms with van der Waals surface area (Å²) in [6.07, 6.45) is 0.864. The number of nitrogens with one attached hydrogen (secondary N) is 2. The lowest BCUT2D eigenvalue weighted by Crippen LogP contribution is -2.42. The Balaban J connectivity index is 1.36. The number of anilines is 1. The molecule has 0 aliphatic carbocycles. The molecule has 0 bridgehead atoms. The van der Waals surface area contributed by atoms with Gasteiger partial charge in [0.15, 0.2) is 0 Å². The highest BCUT2D eigenvalue weighted by molar-refractivity contribution is 6.31. The molecule has 3 amide bonds. The Labute approximate surface area is 249 Å². The maximum Gasteiger partial charge on any atom is 0.414 e. The van der Waals surface area contributed by atoms with Crippen LogP contribution < -0.4 is 10.6 Å². The zero-order valence-electron chi connectivity index (χ0n) is 23.5. The number of hydrogen-bond donors (Lipinski definition) is 2. The van der Waals surface area contributed by atoms with E-state index < -0.39 is 18.0 Å². The predicted octanol–water partition coefficient (Wildman–Crippen LogP) is 4.74. The number of carbonyl (C=O) groups excluding carboxylic acids is 3. The lowest BCUT2D eigenvalue weighted by molar-refractivity contribution is -0.135. The number of ether oxygens (including phenoxy) is 1. The van der Waals surface area contributed by atoms with E-state index in [1.807, 2.05) is 35.2 Å². The average Bonchev–Trinajstić information content (AvgIpc) is 3.28. The van der Waals surface area contributed by atoms with Crippen LogP contribution in [0.2, 0.25) is 5.02 Å². The van der Waals surface area contributed by atoms with Gasteiger partial charge in [-0.05, 0) is 37.4 Å². The third kappa shape index (κ3) is 8.77. The molecular formula is C30H35ClFN5O5. The smallest absolute Gasteiger partial charge is 0.414 e. The van der Waals surface area contributed by atoms with Crippen molar-refractivity contribution in [2.45, 2.75) is 38.1 Å². The molecule has 1 atom stereocenters. The van der Waals surface area contributed by atoms with Crippen molar-refractivity contribution in [2.24, 2.45) is 0 Å². The number of amides is 3. The highest BCUT2D eigenvalue weighted by Gasteiger charge is 2.25. The van der Waals surface area contributed by atoms with Gasteiger partial charge in [-0.15, -0.1) is 0 Å². The van der Waals surface area contributed by atoms with Crippen LogP contribution in [0, 0.1) is 5.82 Å². The molecule has 2 N–H and O–H groups in total. The van der Waals surface area contributed by atoms with Gasteiger partial charge in [0, 0.05) is 51.2 Å². The minimum absolute atomic E-state index is 0.00937. The number of aromatic nitrogens is 1. The van der Waals surface area contributed by atoms with Crippen molar-refractivity contribution in [1.82, 2.24) is 20.3 Å². The van der Waals surface area contributed by atoms with Gasteiger partial charge in [-0.1, -0.05) is 59.2 Å². The summed E-state index contributed by atoms with van der Waals surface area (Å²) in [5, 5.41) is 9.74. The minimum atomic E-state index is -0.784. The number of aryl methyl sites for hydroxylation is 1. The highest BCUT2D eigenvalue weighted by atomic mass is 35.5. The minimum Gasteiger partial charge on any atom is -0.447 e. The number of rotatable bonds is 11. The second kappa shape index (κ2) is 15.3. The summed E-state index contributed by atoms with van der Waals surface area (Å²) < 4.78 is 24.5. The Morgan fingerprint density at radius 3 is 2.76 bits per heavy atom. The molecule has 0 saturated carbocycles. The first-order chi connectivity index (χ1) is 20.3. The first-order valence-corrected chi connectivity index (χ1v) is 14.3. The summed E-state index contributed by atoms with van der Waals surface area (Å²) in [5.41, 5.74) is 1.90. The fraction of sp³-hybridized carbons (Fsp3) is 0.400. The lowest BCUT2D eigenvalue weighted by atomic mass is 10.1. The molecule has 42 heavy (non-hydrogen) atoms. The summed E-state index contributed by atoms with van der Waals surface area (Å²) in [5.74, 6) is -0.706. The molecule has 224 valence electrons. The quantitative estimate of drug-likeness (QED) is 0.327. The van der Waals surface area contributed by atoms with Crippen LogP contribution in [0.25, 0.3) is 11.3 Å². The van der Waals surface area contributed by atoms with E-state index in [2.05, 4.69) is 15.8 Å². The number of hydrogen-bond acceptors (Lipinski definition) is 7. The molecule has 1 aliphatic heterocycles. The zero-order chi connectivity index (χ0) is 29.9. The molecule has 0 radical (unpaired) electrons. The topological polar surface area (TPSA) is 117 Å². The van der Waals surface area contributed by atoms with E-state index in [0.29, 0.717) is 30.8 Å². The number of carbonyl (C=O) groups is 3. The number of likely N-dealkylation sites (N-methyl/N-ethyl adjacent to an activating group) is 1. The maximum absolute atomic E-state index is 13.8. The number of nitrogens with zero attached hydrogens (tertiary/aromatic N) is 3. The van der Waals surface area contributed by atoms with Crippen LogP contribution in [-0.2, 0) is 20.7 Å². The number of benzene rings is 2. The molecular weight excluding hydrogens is 565 g/mol. The largest absolute Gasteiger partial charge is 0.447 e. The van der Waals surface area contributed by atoms with Crippen LogP contribution in [-0.4, -0.2) is 78.7 Å². The molecule has 3 aromatic rings. The molecule has 4 rings (SSSR count). The molecule has 2 aromatic carbocycles. The molecule has 1 fully saturated rings. The molecule has 1 aromatic heterocycles. The molecule has 0 spiro atoms. The molecule has 0 unspecified atom stereocenters. The van der Waals surface area contributed by atoms with Gasteiger partial charge < -0.3 is 24.4 Å². The standard InChI is InChI=1S/C30H35ClFN5O5/c1-36(27(38)13-11-22-9-5-10-24(32)29(22)31)23(12-14-28(39)37-17-6-15-33-16-18-37)20-41-30(40)34-26-19-25(35-42-26)21-7-3-2-4-8-21/h2-5,7-10,19,23,33H,6,11-18,20H2,1H3,(H,34,40)/t23-/m0/s1. The normalized spacial score (nSPS) is 14.1. The fourth-order valence-electron chi connectivity index (χ4n) is 4.68. The van der Waals surface area contributed by atoms with Crippen molar-refractivity contribution in [1.29, 1.82) is 0 Å². The predicted molar refractivity (Wildman–Crippen MR) is 156 cm³/mol. The Morgan fingerprint density at radius 1 is 1.14 bits per heavy atom. The third-order valence-electron chi connectivity index (χ3n) is 7.18.